The quantitative estimate of drug-likeness (QED) is 0.0505. The molecular formula is C34H80O8Si5. The van der Waals surface area contributed by atoms with Gasteiger partial charge in [0.2, 0.25) is 0 Å². The fourth-order valence-corrected chi connectivity index (χ4v) is 30.1. The Kier molecular flexibility index (Phi) is 26.1. The molecule has 47 heavy (non-hydrogen) atoms. The smallest absolute Gasteiger partial charge is 0.317 e. The molecule has 0 spiro atoms. The highest BCUT2D eigenvalue weighted by Crippen LogP contribution is 2.32. The first-order chi connectivity index (χ1) is 21.8. The van der Waals surface area contributed by atoms with Gasteiger partial charge < -0.3 is 36.1 Å². The molecule has 0 rings (SSSR count). The second kappa shape index (κ2) is 25.7. The molecule has 3 unspecified atom stereocenters. The number of hydrogen-bond acceptors (Lipinski definition) is 8. The van der Waals surface area contributed by atoms with Crippen LogP contribution in [0, 0.1) is 0 Å². The molecule has 0 bridgehead atoms. The highest BCUT2D eigenvalue weighted by Gasteiger charge is 2.48. The first-order valence-corrected chi connectivity index (χ1v) is 33.8. The summed E-state index contributed by atoms with van der Waals surface area (Å²) in [5.41, 5.74) is 0. The summed E-state index contributed by atoms with van der Waals surface area (Å²) in [5, 5.41) is 18.3. The second-order valence-corrected chi connectivity index (χ2v) is 36.3. The van der Waals surface area contributed by atoms with Crippen LogP contribution in [-0.4, -0.2) is 91.7 Å². The van der Waals surface area contributed by atoms with Crippen LogP contribution in [0.3, 0.4) is 0 Å². The molecule has 0 aliphatic heterocycles. The third-order valence-corrected chi connectivity index (χ3v) is 26.0. The van der Waals surface area contributed by atoms with Gasteiger partial charge in [-0.15, -0.1) is 0 Å². The SMILES string of the molecule is CCCCCCCCCCCCCCCC[Si](C)(O[Si](C)(C)O[Si](C)(C)C)O[Si](C)(CCCOCCOCC(O)CO)O[Si](C)(C)C. The molecule has 284 valence electrons. The Morgan fingerprint density at radius 3 is 1.36 bits per heavy atom. The average Bonchev–Trinajstić information content (AvgIpc) is 2.91. The summed E-state index contributed by atoms with van der Waals surface area (Å²) >= 11 is 0. The Hall–Kier alpha value is 0.764. The summed E-state index contributed by atoms with van der Waals surface area (Å²) < 4.78 is 39.1. The fraction of sp³-hybridized carbons (Fsp3) is 1.00. The molecule has 0 heterocycles. The van der Waals surface area contributed by atoms with E-state index in [1.807, 2.05) is 0 Å². The van der Waals surface area contributed by atoms with Crippen molar-refractivity contribution in [1.29, 1.82) is 0 Å². The van der Waals surface area contributed by atoms with Crippen LogP contribution in [0.4, 0.5) is 0 Å². The van der Waals surface area contributed by atoms with Crippen LogP contribution >= 0.6 is 0 Å². The first-order valence-electron chi connectivity index (χ1n) is 19.1. The summed E-state index contributed by atoms with van der Waals surface area (Å²) in [4.78, 5) is 0. The van der Waals surface area contributed by atoms with Crippen LogP contribution < -0.4 is 0 Å². The predicted molar refractivity (Wildman–Crippen MR) is 211 cm³/mol. The Bertz CT molecular complexity index is 753. The van der Waals surface area contributed by atoms with Crippen LogP contribution in [-0.2, 0) is 25.9 Å². The Morgan fingerprint density at radius 1 is 0.468 bits per heavy atom. The lowest BCUT2D eigenvalue weighted by Crippen LogP contribution is -2.60. The van der Waals surface area contributed by atoms with Crippen molar-refractivity contribution in [1.82, 2.24) is 0 Å². The Labute approximate surface area is 297 Å². The number of rotatable bonds is 33. The summed E-state index contributed by atoms with van der Waals surface area (Å²) in [6, 6.07) is 1.82. The fourth-order valence-electron chi connectivity index (χ4n) is 6.26. The van der Waals surface area contributed by atoms with E-state index in [9.17, 15) is 5.11 Å². The van der Waals surface area contributed by atoms with Crippen molar-refractivity contribution < 1.29 is 36.1 Å². The minimum atomic E-state index is -2.61. The van der Waals surface area contributed by atoms with Gasteiger partial charge in [0.25, 0.3) is 0 Å². The van der Waals surface area contributed by atoms with Gasteiger partial charge in [0.05, 0.1) is 26.4 Å². The van der Waals surface area contributed by atoms with Gasteiger partial charge in [-0.3, -0.25) is 0 Å². The summed E-state index contributed by atoms with van der Waals surface area (Å²) in [6.07, 6.45) is 18.9. The van der Waals surface area contributed by atoms with Crippen molar-refractivity contribution in [2.24, 2.45) is 0 Å². The van der Waals surface area contributed by atoms with Gasteiger partial charge in [-0.05, 0) is 84.0 Å². The van der Waals surface area contributed by atoms with Crippen LogP contribution in [0.1, 0.15) is 103 Å². The lowest BCUT2D eigenvalue weighted by atomic mass is 10.0. The van der Waals surface area contributed by atoms with Gasteiger partial charge in [-0.2, -0.15) is 0 Å². The lowest BCUT2D eigenvalue weighted by molar-refractivity contribution is -0.0147. The first kappa shape index (κ1) is 47.8. The van der Waals surface area contributed by atoms with Crippen molar-refractivity contribution in [3.63, 3.8) is 0 Å². The van der Waals surface area contributed by atoms with Crippen LogP contribution in [0.25, 0.3) is 0 Å². The van der Waals surface area contributed by atoms with Crippen LogP contribution in [0.15, 0.2) is 0 Å². The van der Waals surface area contributed by atoms with Crippen molar-refractivity contribution in [2.75, 3.05) is 33.0 Å². The molecular weight excluding hydrogens is 677 g/mol. The summed E-state index contributed by atoms with van der Waals surface area (Å²) in [6.45, 7) is 25.9. The van der Waals surface area contributed by atoms with Crippen LogP contribution in [0.5, 0.6) is 0 Å². The normalized spacial score (nSPS) is 16.3. The summed E-state index contributed by atoms with van der Waals surface area (Å²) in [7, 11) is -11.2. The van der Waals surface area contributed by atoms with Crippen molar-refractivity contribution in [3.05, 3.63) is 0 Å². The molecule has 0 aromatic carbocycles. The van der Waals surface area contributed by atoms with Crippen molar-refractivity contribution in [2.45, 2.75) is 187 Å². The minimum Gasteiger partial charge on any atom is -0.437 e. The number of unbranched alkanes of at least 4 members (excludes halogenated alkanes) is 13. The van der Waals surface area contributed by atoms with E-state index in [4.69, 9.17) is 31.0 Å². The van der Waals surface area contributed by atoms with Crippen molar-refractivity contribution in [3.8, 4) is 0 Å². The molecule has 0 amide bonds. The average molecular weight is 757 g/mol. The van der Waals surface area contributed by atoms with E-state index in [0.717, 1.165) is 24.9 Å². The molecule has 0 saturated carbocycles. The Balaban J connectivity index is 5.07. The molecule has 0 aliphatic carbocycles. The highest BCUT2D eigenvalue weighted by atomic mass is 28.5. The predicted octanol–water partition coefficient (Wildman–Crippen LogP) is 9.83. The van der Waals surface area contributed by atoms with E-state index in [-0.39, 0.29) is 13.2 Å². The number of ether oxygens (including phenoxy) is 2. The third-order valence-electron chi connectivity index (χ3n) is 7.76. The molecule has 2 N–H and O–H groups in total. The molecule has 0 saturated heterocycles. The van der Waals surface area contributed by atoms with E-state index in [1.54, 1.807) is 0 Å². The number of aliphatic hydroxyl groups excluding tert-OH is 2. The minimum absolute atomic E-state index is 0.117. The molecule has 0 aromatic heterocycles. The lowest BCUT2D eigenvalue weighted by Gasteiger charge is -2.44. The molecule has 0 radical (unpaired) electrons. The van der Waals surface area contributed by atoms with E-state index < -0.39 is 48.4 Å². The molecule has 13 heteroatoms. The second-order valence-electron chi connectivity index (χ2n) is 16.3. The zero-order valence-electron chi connectivity index (χ0n) is 33.0. The molecule has 0 aromatic rings. The van der Waals surface area contributed by atoms with Gasteiger partial charge in [0.1, 0.15) is 6.10 Å². The standard InChI is InChI=1S/C34H80O8Si5/c1-12-13-14-15-16-17-18-19-20-21-22-23-24-25-30-47(11,41-45(8,9)39-43(2,3)4)42-46(10,40-44(5,6)7)31-26-27-37-28-29-38-33-34(36)32-35/h34-36H,12-33H2,1-11H3. The molecule has 0 fully saturated rings. The maximum absolute atomic E-state index is 9.41. The van der Waals surface area contributed by atoms with E-state index in [0.29, 0.717) is 19.8 Å². The van der Waals surface area contributed by atoms with Gasteiger partial charge in [-0.25, -0.2) is 0 Å². The zero-order valence-corrected chi connectivity index (χ0v) is 38.0. The topological polar surface area (TPSA) is 95.8 Å². The third kappa shape index (κ3) is 30.1. The van der Waals surface area contributed by atoms with Crippen molar-refractivity contribution >= 4 is 42.3 Å². The zero-order chi connectivity index (χ0) is 35.9. The molecule has 3 atom stereocenters. The number of aliphatic hydroxyl groups is 2. The Morgan fingerprint density at radius 2 is 0.894 bits per heavy atom. The summed E-state index contributed by atoms with van der Waals surface area (Å²) in [5.74, 6) is 0. The van der Waals surface area contributed by atoms with Gasteiger partial charge in [0.15, 0.2) is 16.6 Å². The molecule has 8 nitrogen and oxygen atoms in total. The van der Waals surface area contributed by atoms with E-state index in [1.165, 1.54) is 83.5 Å². The molecule has 0 aliphatic rings. The van der Waals surface area contributed by atoms with Gasteiger partial charge in [-0.1, -0.05) is 96.8 Å². The maximum Gasteiger partial charge on any atom is 0.317 e. The van der Waals surface area contributed by atoms with Gasteiger partial charge >= 0.3 is 25.7 Å². The van der Waals surface area contributed by atoms with E-state index in [2.05, 4.69) is 72.4 Å². The maximum atomic E-state index is 9.41. The van der Waals surface area contributed by atoms with Gasteiger partial charge in [0, 0.05) is 6.61 Å². The highest BCUT2D eigenvalue weighted by molar-refractivity contribution is 6.90. The monoisotopic (exact) mass is 756 g/mol. The van der Waals surface area contributed by atoms with Crippen LogP contribution in [0.2, 0.25) is 77.6 Å². The number of hydrogen-bond donors (Lipinski definition) is 2. The largest absolute Gasteiger partial charge is 0.437 e. The van der Waals surface area contributed by atoms with E-state index >= 15 is 0 Å².